The summed E-state index contributed by atoms with van der Waals surface area (Å²) in [5.74, 6) is 0.914. The summed E-state index contributed by atoms with van der Waals surface area (Å²) in [6.45, 7) is 4.41. The summed E-state index contributed by atoms with van der Waals surface area (Å²) in [6, 6.07) is 6.76. The number of hydrogen-bond donors (Lipinski definition) is 1. The van der Waals surface area contributed by atoms with E-state index in [-0.39, 0.29) is 0 Å². The number of unbranched alkanes of at least 4 members (excludes halogenated alkanes) is 1. The smallest absolute Gasteiger partial charge is 0.125 e. The van der Waals surface area contributed by atoms with Crippen molar-refractivity contribution in [2.45, 2.75) is 45.2 Å². The minimum atomic E-state index is 0.766. The number of rotatable bonds is 7. The van der Waals surface area contributed by atoms with E-state index in [1.807, 2.05) is 12.1 Å². The van der Waals surface area contributed by atoms with Gasteiger partial charge in [-0.15, -0.1) is 0 Å². The third-order valence-corrected chi connectivity index (χ3v) is 3.55. The van der Waals surface area contributed by atoms with Crippen LogP contribution in [0.4, 0.5) is 5.69 Å². The number of benzene rings is 1. The molecule has 1 aliphatic carbocycles. The molecular formula is C15H24N2O. The molecule has 0 radical (unpaired) electrons. The molecule has 2 rings (SSSR count). The van der Waals surface area contributed by atoms with Crippen LogP contribution < -0.4 is 10.5 Å². The van der Waals surface area contributed by atoms with E-state index < -0.39 is 0 Å². The molecule has 3 nitrogen and oxygen atoms in total. The number of anilines is 1. The Morgan fingerprint density at radius 2 is 2.17 bits per heavy atom. The monoisotopic (exact) mass is 248 g/mol. The van der Waals surface area contributed by atoms with E-state index in [4.69, 9.17) is 10.5 Å². The van der Waals surface area contributed by atoms with Gasteiger partial charge in [-0.25, -0.2) is 0 Å². The standard InChI is InChI=1S/C15H24N2O/c1-3-4-9-17(14-7-8-14)11-12-5-6-13(16)10-15(12)18-2/h5-6,10,14H,3-4,7-9,11,16H2,1-2H3. The van der Waals surface area contributed by atoms with Gasteiger partial charge in [-0.3, -0.25) is 4.90 Å². The van der Waals surface area contributed by atoms with Crippen LogP contribution in [0.25, 0.3) is 0 Å². The highest BCUT2D eigenvalue weighted by Crippen LogP contribution is 2.31. The summed E-state index contributed by atoms with van der Waals surface area (Å²) < 4.78 is 5.42. The summed E-state index contributed by atoms with van der Waals surface area (Å²) in [7, 11) is 1.71. The summed E-state index contributed by atoms with van der Waals surface area (Å²) in [5.41, 5.74) is 7.80. The average molecular weight is 248 g/mol. The molecule has 1 fully saturated rings. The van der Waals surface area contributed by atoms with Crippen LogP contribution in [0.1, 0.15) is 38.2 Å². The lowest BCUT2D eigenvalue weighted by atomic mass is 10.1. The van der Waals surface area contributed by atoms with Crippen molar-refractivity contribution in [2.75, 3.05) is 19.4 Å². The fourth-order valence-electron chi connectivity index (χ4n) is 2.30. The zero-order chi connectivity index (χ0) is 13.0. The maximum Gasteiger partial charge on any atom is 0.125 e. The van der Waals surface area contributed by atoms with Crippen LogP contribution in [0, 0.1) is 0 Å². The Hall–Kier alpha value is -1.22. The molecule has 0 saturated heterocycles. The first-order valence-corrected chi connectivity index (χ1v) is 6.91. The number of methoxy groups -OCH3 is 1. The lowest BCUT2D eigenvalue weighted by Gasteiger charge is -2.23. The zero-order valence-electron chi connectivity index (χ0n) is 11.5. The van der Waals surface area contributed by atoms with Gasteiger partial charge in [-0.2, -0.15) is 0 Å². The number of nitrogens with two attached hydrogens (primary N) is 1. The maximum atomic E-state index is 5.79. The maximum absolute atomic E-state index is 5.79. The second-order valence-corrected chi connectivity index (χ2v) is 5.13. The fourth-order valence-corrected chi connectivity index (χ4v) is 2.30. The molecule has 0 amide bonds. The molecule has 18 heavy (non-hydrogen) atoms. The second kappa shape index (κ2) is 6.10. The van der Waals surface area contributed by atoms with Gasteiger partial charge in [0.25, 0.3) is 0 Å². The van der Waals surface area contributed by atoms with Crippen molar-refractivity contribution >= 4 is 5.69 Å². The Kier molecular flexibility index (Phi) is 4.48. The molecule has 0 spiro atoms. The second-order valence-electron chi connectivity index (χ2n) is 5.13. The van der Waals surface area contributed by atoms with Crippen LogP contribution >= 0.6 is 0 Å². The average Bonchev–Trinajstić information content (AvgIpc) is 3.20. The molecule has 0 aromatic heterocycles. The molecule has 1 aliphatic rings. The van der Waals surface area contributed by atoms with Crippen LogP contribution in [0.15, 0.2) is 18.2 Å². The topological polar surface area (TPSA) is 38.5 Å². The number of hydrogen-bond acceptors (Lipinski definition) is 3. The third kappa shape index (κ3) is 3.39. The summed E-state index contributed by atoms with van der Waals surface area (Å²) in [6.07, 6.45) is 5.22. The first-order chi connectivity index (χ1) is 8.74. The van der Waals surface area contributed by atoms with Crippen molar-refractivity contribution in [3.63, 3.8) is 0 Å². The molecule has 1 aromatic rings. The summed E-state index contributed by atoms with van der Waals surface area (Å²) in [5, 5.41) is 0. The van der Waals surface area contributed by atoms with Crippen LogP contribution in [-0.2, 0) is 6.54 Å². The van der Waals surface area contributed by atoms with Crippen LogP contribution in [0.3, 0.4) is 0 Å². The van der Waals surface area contributed by atoms with Gasteiger partial charge in [-0.05, 0) is 31.9 Å². The largest absolute Gasteiger partial charge is 0.496 e. The molecule has 0 unspecified atom stereocenters. The predicted molar refractivity (Wildman–Crippen MR) is 75.7 cm³/mol. The van der Waals surface area contributed by atoms with Crippen molar-refractivity contribution in [2.24, 2.45) is 0 Å². The first kappa shape index (κ1) is 13.2. The van der Waals surface area contributed by atoms with Gasteiger partial charge < -0.3 is 10.5 Å². The Labute approximate surface area is 110 Å². The van der Waals surface area contributed by atoms with E-state index >= 15 is 0 Å². The van der Waals surface area contributed by atoms with Gasteiger partial charge in [0.2, 0.25) is 0 Å². The van der Waals surface area contributed by atoms with Gasteiger partial charge in [0, 0.05) is 29.9 Å². The molecule has 0 bridgehead atoms. The normalized spacial score (nSPS) is 15.1. The molecule has 100 valence electrons. The van der Waals surface area contributed by atoms with Crippen molar-refractivity contribution in [1.82, 2.24) is 4.90 Å². The Morgan fingerprint density at radius 3 is 2.78 bits per heavy atom. The van der Waals surface area contributed by atoms with Crippen LogP contribution in [-0.4, -0.2) is 24.6 Å². The minimum absolute atomic E-state index is 0.766. The van der Waals surface area contributed by atoms with E-state index in [1.165, 1.54) is 37.8 Å². The lowest BCUT2D eigenvalue weighted by Crippen LogP contribution is -2.26. The highest BCUT2D eigenvalue weighted by atomic mass is 16.5. The fraction of sp³-hybridized carbons (Fsp3) is 0.600. The Balaban J connectivity index is 2.05. The Morgan fingerprint density at radius 1 is 1.39 bits per heavy atom. The highest BCUT2D eigenvalue weighted by Gasteiger charge is 2.28. The predicted octanol–water partition coefficient (Wildman–Crippen LogP) is 3.04. The molecular weight excluding hydrogens is 224 g/mol. The molecule has 0 atom stereocenters. The van der Waals surface area contributed by atoms with E-state index in [0.717, 1.165) is 24.0 Å². The van der Waals surface area contributed by atoms with Crippen LogP contribution in [0.2, 0.25) is 0 Å². The summed E-state index contributed by atoms with van der Waals surface area (Å²) in [4.78, 5) is 2.58. The Bertz CT molecular complexity index is 388. The third-order valence-electron chi connectivity index (χ3n) is 3.55. The van der Waals surface area contributed by atoms with Crippen molar-refractivity contribution in [1.29, 1.82) is 0 Å². The van der Waals surface area contributed by atoms with Gasteiger partial charge in [0.05, 0.1) is 7.11 Å². The lowest BCUT2D eigenvalue weighted by molar-refractivity contribution is 0.247. The first-order valence-electron chi connectivity index (χ1n) is 6.91. The molecule has 2 N–H and O–H groups in total. The molecule has 0 aliphatic heterocycles. The quantitative estimate of drug-likeness (QED) is 0.754. The van der Waals surface area contributed by atoms with Gasteiger partial charge >= 0.3 is 0 Å². The van der Waals surface area contributed by atoms with E-state index in [1.54, 1.807) is 7.11 Å². The van der Waals surface area contributed by atoms with E-state index in [9.17, 15) is 0 Å². The zero-order valence-corrected chi connectivity index (χ0v) is 11.5. The number of nitrogens with zero attached hydrogens (tertiary/aromatic N) is 1. The van der Waals surface area contributed by atoms with E-state index in [0.29, 0.717) is 0 Å². The summed E-state index contributed by atoms with van der Waals surface area (Å²) >= 11 is 0. The van der Waals surface area contributed by atoms with Gasteiger partial charge in [-0.1, -0.05) is 19.4 Å². The van der Waals surface area contributed by atoms with Crippen molar-refractivity contribution in [3.05, 3.63) is 23.8 Å². The van der Waals surface area contributed by atoms with Crippen molar-refractivity contribution < 1.29 is 4.74 Å². The van der Waals surface area contributed by atoms with Crippen LogP contribution in [0.5, 0.6) is 5.75 Å². The SMILES string of the molecule is CCCCN(Cc1ccc(N)cc1OC)C1CC1. The van der Waals surface area contributed by atoms with E-state index in [2.05, 4.69) is 17.9 Å². The van der Waals surface area contributed by atoms with Crippen molar-refractivity contribution in [3.8, 4) is 5.75 Å². The molecule has 3 heteroatoms. The molecule has 1 aromatic carbocycles. The highest BCUT2D eigenvalue weighted by molar-refractivity contribution is 5.48. The minimum Gasteiger partial charge on any atom is -0.496 e. The number of ether oxygens (including phenoxy) is 1. The molecule has 0 heterocycles. The molecule has 1 saturated carbocycles. The van der Waals surface area contributed by atoms with Gasteiger partial charge in [0.15, 0.2) is 0 Å². The van der Waals surface area contributed by atoms with Gasteiger partial charge in [0.1, 0.15) is 5.75 Å². The number of nitrogen functional groups attached to an aromatic ring is 1.